The molecule has 132 valence electrons. The van der Waals surface area contributed by atoms with E-state index in [1.54, 1.807) is 4.90 Å². The summed E-state index contributed by atoms with van der Waals surface area (Å²) >= 11 is 0. The zero-order chi connectivity index (χ0) is 17.5. The lowest BCUT2D eigenvalue weighted by molar-refractivity contribution is -0.616. The zero-order valence-electron chi connectivity index (χ0n) is 14.9. The maximum atomic E-state index is 12.2. The molecule has 0 radical (unpaired) electrons. The summed E-state index contributed by atoms with van der Waals surface area (Å²) in [7, 11) is 0. The van der Waals surface area contributed by atoms with Gasteiger partial charge >= 0.3 is 6.09 Å². The molecule has 1 amide bonds. The Morgan fingerprint density at radius 1 is 1.33 bits per heavy atom. The number of aromatic nitrogens is 2. The van der Waals surface area contributed by atoms with Crippen molar-refractivity contribution in [3.8, 4) is 0 Å². The summed E-state index contributed by atoms with van der Waals surface area (Å²) in [6.45, 7) is 10.4. The second-order valence-corrected chi connectivity index (χ2v) is 7.65. The second-order valence-electron chi connectivity index (χ2n) is 7.65. The summed E-state index contributed by atoms with van der Waals surface area (Å²) in [6, 6.07) is 0. The zero-order valence-corrected chi connectivity index (χ0v) is 14.9. The van der Waals surface area contributed by atoms with Crippen molar-refractivity contribution in [2.75, 3.05) is 31.1 Å². The molecule has 1 aliphatic heterocycles. The van der Waals surface area contributed by atoms with E-state index in [1.165, 1.54) is 6.33 Å². The topological polar surface area (TPSA) is 72.6 Å². The average Bonchev–Trinajstić information content (AvgIpc) is 2.90. The minimum atomic E-state index is -0.479. The maximum absolute atomic E-state index is 12.2. The number of carbonyl (C=O) groups excluding carboxylic acids is 1. The Kier molecular flexibility index (Phi) is 4.27. The molecule has 1 saturated heterocycles. The van der Waals surface area contributed by atoms with Crippen molar-refractivity contribution in [3.63, 3.8) is 0 Å². The molecule has 0 unspecified atom stereocenters. The Morgan fingerprint density at radius 2 is 2.00 bits per heavy atom. The van der Waals surface area contributed by atoms with Crippen LogP contribution in [-0.2, 0) is 11.2 Å². The van der Waals surface area contributed by atoms with E-state index in [-0.39, 0.29) is 6.09 Å². The lowest BCUT2D eigenvalue weighted by Crippen LogP contribution is -2.50. The third kappa shape index (κ3) is 3.25. The van der Waals surface area contributed by atoms with Gasteiger partial charge in [-0.25, -0.2) is 9.52 Å². The van der Waals surface area contributed by atoms with Crippen LogP contribution in [0.3, 0.4) is 0 Å². The molecule has 7 nitrogen and oxygen atoms in total. The number of rotatable bonds is 1. The second kappa shape index (κ2) is 6.11. The van der Waals surface area contributed by atoms with Gasteiger partial charge in [-0.05, 0) is 38.1 Å². The molecular weight excluding hydrogens is 308 g/mol. The van der Waals surface area contributed by atoms with Gasteiger partial charge < -0.3 is 19.7 Å². The summed E-state index contributed by atoms with van der Waals surface area (Å²) in [4.78, 5) is 20.5. The lowest BCUT2D eigenvalue weighted by atomic mass is 10.1. The SMILES string of the molecule is C[C@@H]1CCc2c1c(N1CCN(C(=O)OC(C)(C)C)CC1)nc[n+]2[O-]. The van der Waals surface area contributed by atoms with Crippen LogP contribution >= 0.6 is 0 Å². The van der Waals surface area contributed by atoms with Gasteiger partial charge in [0.1, 0.15) is 11.3 Å². The van der Waals surface area contributed by atoms with Gasteiger partial charge in [-0.3, -0.25) is 0 Å². The number of ether oxygens (including phenoxy) is 1. The third-order valence-corrected chi connectivity index (χ3v) is 4.64. The molecule has 24 heavy (non-hydrogen) atoms. The number of nitrogens with zero attached hydrogens (tertiary/aromatic N) is 4. The van der Waals surface area contributed by atoms with Crippen molar-refractivity contribution >= 4 is 11.9 Å². The van der Waals surface area contributed by atoms with Crippen LogP contribution in [0.5, 0.6) is 0 Å². The normalized spacial score (nSPS) is 20.9. The average molecular weight is 334 g/mol. The van der Waals surface area contributed by atoms with Gasteiger partial charge in [0.25, 0.3) is 6.33 Å². The van der Waals surface area contributed by atoms with E-state index in [9.17, 15) is 10.0 Å². The number of amides is 1. The smallest absolute Gasteiger partial charge is 0.410 e. The molecule has 1 atom stereocenters. The van der Waals surface area contributed by atoms with E-state index in [1.807, 2.05) is 20.8 Å². The first-order valence-electron chi connectivity index (χ1n) is 8.60. The lowest BCUT2D eigenvalue weighted by Gasteiger charge is -2.35. The van der Waals surface area contributed by atoms with Gasteiger partial charge in [-0.15, -0.1) is 0 Å². The van der Waals surface area contributed by atoms with Gasteiger partial charge in [0.2, 0.25) is 5.82 Å². The number of fused-ring (bicyclic) bond motifs is 1. The van der Waals surface area contributed by atoms with Crippen LogP contribution in [0.15, 0.2) is 6.33 Å². The van der Waals surface area contributed by atoms with E-state index < -0.39 is 5.60 Å². The fraction of sp³-hybridized carbons (Fsp3) is 0.706. The molecule has 0 spiro atoms. The van der Waals surface area contributed by atoms with Crippen molar-refractivity contribution in [1.29, 1.82) is 0 Å². The molecule has 0 aromatic carbocycles. The van der Waals surface area contributed by atoms with Gasteiger partial charge in [0, 0.05) is 32.6 Å². The predicted molar refractivity (Wildman–Crippen MR) is 90.0 cm³/mol. The first kappa shape index (κ1) is 16.8. The highest BCUT2D eigenvalue weighted by Crippen LogP contribution is 2.36. The van der Waals surface area contributed by atoms with Crippen LogP contribution in [0.25, 0.3) is 0 Å². The quantitative estimate of drug-likeness (QED) is 0.579. The Morgan fingerprint density at radius 3 is 2.62 bits per heavy atom. The molecule has 1 fully saturated rings. The Balaban J connectivity index is 1.70. The van der Waals surface area contributed by atoms with E-state index in [0.29, 0.717) is 32.1 Å². The molecule has 7 heteroatoms. The van der Waals surface area contributed by atoms with Crippen molar-refractivity contribution in [1.82, 2.24) is 9.88 Å². The van der Waals surface area contributed by atoms with Gasteiger partial charge in [0.15, 0.2) is 0 Å². The summed E-state index contributed by atoms with van der Waals surface area (Å²) < 4.78 is 6.34. The van der Waals surface area contributed by atoms with Crippen molar-refractivity contribution < 1.29 is 14.3 Å². The predicted octanol–water partition coefficient (Wildman–Crippen LogP) is 1.82. The van der Waals surface area contributed by atoms with Gasteiger partial charge in [0.05, 0.1) is 5.56 Å². The Hall–Kier alpha value is -2.05. The highest BCUT2D eigenvalue weighted by Gasteiger charge is 2.34. The molecule has 1 aromatic rings. The van der Waals surface area contributed by atoms with Crippen LogP contribution < -0.4 is 9.63 Å². The summed E-state index contributed by atoms with van der Waals surface area (Å²) in [5.74, 6) is 1.26. The van der Waals surface area contributed by atoms with E-state index >= 15 is 0 Å². The van der Waals surface area contributed by atoms with Gasteiger partial charge in [-0.2, -0.15) is 0 Å². The van der Waals surface area contributed by atoms with Crippen LogP contribution in [0.4, 0.5) is 10.6 Å². The fourth-order valence-corrected chi connectivity index (χ4v) is 3.42. The van der Waals surface area contributed by atoms with Crippen molar-refractivity contribution in [3.05, 3.63) is 22.8 Å². The molecule has 1 aliphatic carbocycles. The Bertz CT molecular complexity index is 633. The number of anilines is 1. The molecular formula is C17H26N4O3. The molecule has 0 N–H and O–H groups in total. The first-order valence-corrected chi connectivity index (χ1v) is 8.60. The van der Waals surface area contributed by atoms with Crippen LogP contribution in [-0.4, -0.2) is 47.8 Å². The van der Waals surface area contributed by atoms with Crippen LogP contribution in [0.2, 0.25) is 0 Å². The molecule has 1 aromatic heterocycles. The van der Waals surface area contributed by atoms with E-state index in [4.69, 9.17) is 4.74 Å². The summed E-state index contributed by atoms with van der Waals surface area (Å²) in [5, 5.41) is 11.9. The molecule has 3 rings (SSSR count). The largest absolute Gasteiger partial charge is 0.711 e. The minimum absolute atomic E-state index is 0.265. The molecule has 2 heterocycles. The number of carbonyl (C=O) groups is 1. The standard InChI is InChI=1S/C17H26N4O3/c1-12-5-6-13-14(12)15(18-11-21(13)23)19-7-9-20(10-8-19)16(22)24-17(2,3)4/h11-12H,5-10H2,1-4H3/t12-/m1/s1. The molecule has 2 aliphatic rings. The van der Waals surface area contributed by atoms with Crippen LogP contribution in [0.1, 0.15) is 51.3 Å². The van der Waals surface area contributed by atoms with Crippen LogP contribution in [0, 0.1) is 5.21 Å². The highest BCUT2D eigenvalue weighted by molar-refractivity contribution is 5.68. The number of hydrogen-bond acceptors (Lipinski definition) is 5. The van der Waals surface area contributed by atoms with Gasteiger partial charge in [-0.1, -0.05) is 6.92 Å². The number of hydrogen-bond donors (Lipinski definition) is 0. The summed E-state index contributed by atoms with van der Waals surface area (Å²) in [6.07, 6.45) is 2.91. The molecule has 0 bridgehead atoms. The van der Waals surface area contributed by atoms with E-state index in [0.717, 1.165) is 34.6 Å². The first-order chi connectivity index (χ1) is 11.3. The molecule has 0 saturated carbocycles. The number of piperazine rings is 1. The minimum Gasteiger partial charge on any atom is -0.711 e. The van der Waals surface area contributed by atoms with Crippen molar-refractivity contribution in [2.45, 2.75) is 52.1 Å². The maximum Gasteiger partial charge on any atom is 0.410 e. The summed E-state index contributed by atoms with van der Waals surface area (Å²) in [5.41, 5.74) is 1.45. The highest BCUT2D eigenvalue weighted by atomic mass is 16.6. The fourth-order valence-electron chi connectivity index (χ4n) is 3.42. The monoisotopic (exact) mass is 334 g/mol. The van der Waals surface area contributed by atoms with E-state index in [2.05, 4.69) is 16.8 Å². The third-order valence-electron chi connectivity index (χ3n) is 4.64. The Labute approximate surface area is 142 Å². The van der Waals surface area contributed by atoms with Crippen molar-refractivity contribution in [2.24, 2.45) is 0 Å².